The van der Waals surface area contributed by atoms with Crippen LogP contribution in [0, 0.1) is 0 Å². The second kappa shape index (κ2) is 7.92. The molecule has 2 unspecified atom stereocenters. The van der Waals surface area contributed by atoms with Gasteiger partial charge in [0.25, 0.3) is 5.91 Å². The number of likely N-dealkylation sites (N-methyl/N-ethyl adjacent to an activating group) is 1. The van der Waals surface area contributed by atoms with E-state index in [0.717, 1.165) is 51.7 Å². The Bertz CT molecular complexity index is 654. The van der Waals surface area contributed by atoms with Gasteiger partial charge in [0.1, 0.15) is 6.26 Å². The molecule has 1 aromatic rings. The Balaban J connectivity index is 1.30. The molecule has 0 aromatic carbocycles. The summed E-state index contributed by atoms with van der Waals surface area (Å²) in [6.45, 7) is 6.69. The lowest BCUT2D eigenvalue weighted by atomic mass is 10.0. The van der Waals surface area contributed by atoms with E-state index in [4.69, 9.17) is 4.42 Å². The zero-order valence-corrected chi connectivity index (χ0v) is 16.1. The van der Waals surface area contributed by atoms with Crippen molar-refractivity contribution in [2.45, 2.75) is 57.2 Å². The number of hydrogen-bond donors (Lipinski definition) is 1. The zero-order valence-electron chi connectivity index (χ0n) is 16.1. The fourth-order valence-corrected chi connectivity index (χ4v) is 4.81. The van der Waals surface area contributed by atoms with Crippen LogP contribution in [0.2, 0.25) is 0 Å². The van der Waals surface area contributed by atoms with E-state index in [1.54, 1.807) is 6.07 Å². The van der Waals surface area contributed by atoms with E-state index in [9.17, 15) is 9.59 Å². The maximum atomic E-state index is 13.0. The largest absolute Gasteiger partial charge is 0.472 e. The van der Waals surface area contributed by atoms with Crippen LogP contribution in [0.25, 0.3) is 0 Å². The first-order chi connectivity index (χ1) is 13.2. The van der Waals surface area contributed by atoms with Gasteiger partial charge in [0, 0.05) is 44.3 Å². The van der Waals surface area contributed by atoms with Crippen molar-refractivity contribution in [3.05, 3.63) is 24.2 Å². The summed E-state index contributed by atoms with van der Waals surface area (Å²) in [5.74, 6) is 0.0127. The van der Waals surface area contributed by atoms with Crippen molar-refractivity contribution in [2.24, 2.45) is 0 Å². The highest BCUT2D eigenvalue weighted by Crippen LogP contribution is 2.30. The normalized spacial score (nSPS) is 26.9. The van der Waals surface area contributed by atoms with Crippen LogP contribution < -0.4 is 5.32 Å². The van der Waals surface area contributed by atoms with Gasteiger partial charge in [-0.05, 0) is 44.7 Å². The molecule has 0 radical (unpaired) electrons. The number of fused-ring (bicyclic) bond motifs is 2. The van der Waals surface area contributed by atoms with Gasteiger partial charge in [0.05, 0.1) is 11.8 Å². The first-order valence-electron chi connectivity index (χ1n) is 10.3. The van der Waals surface area contributed by atoms with Crippen LogP contribution in [0.3, 0.4) is 0 Å². The van der Waals surface area contributed by atoms with Crippen molar-refractivity contribution < 1.29 is 14.0 Å². The maximum absolute atomic E-state index is 13.0. The van der Waals surface area contributed by atoms with Gasteiger partial charge in [-0.25, -0.2) is 4.79 Å². The van der Waals surface area contributed by atoms with Gasteiger partial charge in [0.15, 0.2) is 0 Å². The number of amides is 3. The van der Waals surface area contributed by atoms with Gasteiger partial charge in [0.2, 0.25) is 0 Å². The summed E-state index contributed by atoms with van der Waals surface area (Å²) in [6, 6.07) is 2.68. The first kappa shape index (κ1) is 18.3. The Morgan fingerprint density at radius 1 is 1.11 bits per heavy atom. The summed E-state index contributed by atoms with van der Waals surface area (Å²) in [6.07, 6.45) is 7.95. The number of rotatable bonds is 3. The number of hydrogen-bond acceptors (Lipinski definition) is 4. The van der Waals surface area contributed by atoms with Crippen molar-refractivity contribution in [3.8, 4) is 0 Å². The smallest absolute Gasteiger partial charge is 0.318 e. The topological polar surface area (TPSA) is 69.0 Å². The minimum Gasteiger partial charge on any atom is -0.472 e. The van der Waals surface area contributed by atoms with Crippen molar-refractivity contribution in [1.29, 1.82) is 0 Å². The number of carbonyl (C=O) groups is 2. The number of piperidine rings is 1. The van der Waals surface area contributed by atoms with Crippen LogP contribution in [-0.4, -0.2) is 77.5 Å². The van der Waals surface area contributed by atoms with E-state index in [-0.39, 0.29) is 18.0 Å². The molecule has 27 heavy (non-hydrogen) atoms. The van der Waals surface area contributed by atoms with E-state index in [1.807, 2.05) is 4.90 Å². The summed E-state index contributed by atoms with van der Waals surface area (Å²) >= 11 is 0. The van der Waals surface area contributed by atoms with Crippen LogP contribution in [0.15, 0.2) is 23.0 Å². The first-order valence-corrected chi connectivity index (χ1v) is 10.3. The van der Waals surface area contributed by atoms with Crippen molar-refractivity contribution in [3.63, 3.8) is 0 Å². The van der Waals surface area contributed by atoms with Crippen molar-refractivity contribution in [2.75, 3.05) is 32.7 Å². The molecule has 4 rings (SSSR count). The summed E-state index contributed by atoms with van der Waals surface area (Å²) in [5.41, 5.74) is 0.596. The highest BCUT2D eigenvalue weighted by Gasteiger charge is 2.40. The molecular weight excluding hydrogens is 344 g/mol. The molecule has 3 fully saturated rings. The van der Waals surface area contributed by atoms with E-state index >= 15 is 0 Å². The molecule has 7 nitrogen and oxygen atoms in total. The third-order valence-corrected chi connectivity index (χ3v) is 6.43. The van der Waals surface area contributed by atoms with Gasteiger partial charge in [-0.3, -0.25) is 4.79 Å². The Hall–Kier alpha value is -2.02. The van der Waals surface area contributed by atoms with Crippen LogP contribution in [-0.2, 0) is 0 Å². The number of furan rings is 1. The van der Waals surface area contributed by atoms with Gasteiger partial charge in [-0.1, -0.05) is 6.92 Å². The SMILES string of the molecule is CCN1CCC2CCC(C1)N2C(=O)NC1CCN(C(=O)c2ccoc2)CC1. The van der Waals surface area contributed by atoms with Crippen LogP contribution >= 0.6 is 0 Å². The molecule has 0 saturated carbocycles. The lowest BCUT2D eigenvalue weighted by molar-refractivity contribution is 0.0704. The van der Waals surface area contributed by atoms with Crippen LogP contribution in [0.5, 0.6) is 0 Å². The molecule has 0 spiro atoms. The lowest BCUT2D eigenvalue weighted by Crippen LogP contribution is -2.53. The fraction of sp³-hybridized carbons (Fsp3) is 0.700. The van der Waals surface area contributed by atoms with Gasteiger partial charge in [-0.15, -0.1) is 0 Å². The molecule has 3 amide bonds. The van der Waals surface area contributed by atoms with Crippen LogP contribution in [0.4, 0.5) is 4.79 Å². The minimum atomic E-state index is 0.0127. The van der Waals surface area contributed by atoms with Gasteiger partial charge >= 0.3 is 6.03 Å². The molecule has 1 N–H and O–H groups in total. The summed E-state index contributed by atoms with van der Waals surface area (Å²) in [4.78, 5) is 31.8. The highest BCUT2D eigenvalue weighted by atomic mass is 16.3. The monoisotopic (exact) mass is 374 g/mol. The number of nitrogens with zero attached hydrogens (tertiary/aromatic N) is 3. The zero-order chi connectivity index (χ0) is 18.8. The molecule has 148 valence electrons. The molecular formula is C20H30N4O3. The van der Waals surface area contributed by atoms with Crippen molar-refractivity contribution >= 4 is 11.9 Å². The maximum Gasteiger partial charge on any atom is 0.318 e. The van der Waals surface area contributed by atoms with E-state index < -0.39 is 0 Å². The Morgan fingerprint density at radius 3 is 2.59 bits per heavy atom. The molecule has 4 heterocycles. The second-order valence-electron chi connectivity index (χ2n) is 8.00. The Morgan fingerprint density at radius 2 is 1.89 bits per heavy atom. The minimum absolute atomic E-state index is 0.0127. The highest BCUT2D eigenvalue weighted by molar-refractivity contribution is 5.93. The number of carbonyl (C=O) groups excluding carboxylic acids is 2. The lowest BCUT2D eigenvalue weighted by Gasteiger charge is -2.35. The molecule has 2 atom stereocenters. The summed E-state index contributed by atoms with van der Waals surface area (Å²) < 4.78 is 5.01. The molecule has 7 heteroatoms. The van der Waals surface area contributed by atoms with Crippen molar-refractivity contribution in [1.82, 2.24) is 20.0 Å². The molecule has 0 aliphatic carbocycles. The molecule has 3 aliphatic rings. The number of likely N-dealkylation sites (tertiary alicyclic amines) is 2. The summed E-state index contributed by atoms with van der Waals surface area (Å²) in [5, 5.41) is 3.26. The van der Waals surface area contributed by atoms with E-state index in [0.29, 0.717) is 30.7 Å². The van der Waals surface area contributed by atoms with Crippen LogP contribution in [0.1, 0.15) is 49.4 Å². The summed E-state index contributed by atoms with van der Waals surface area (Å²) in [7, 11) is 0. The Kier molecular flexibility index (Phi) is 5.38. The standard InChI is InChI=1S/C20H30N4O3/c1-2-22-9-7-17-3-4-18(13-22)24(17)20(26)21-16-5-10-23(11-6-16)19(25)15-8-12-27-14-15/h8,12,14,16-18H,2-7,9-11,13H2,1H3,(H,21,26). The number of nitrogens with one attached hydrogen (secondary N) is 1. The quantitative estimate of drug-likeness (QED) is 0.880. The molecule has 1 aromatic heterocycles. The molecule has 2 bridgehead atoms. The van der Waals surface area contributed by atoms with E-state index in [1.165, 1.54) is 12.5 Å². The van der Waals surface area contributed by atoms with E-state index in [2.05, 4.69) is 22.0 Å². The molecule has 3 saturated heterocycles. The average Bonchev–Trinajstić information content (AvgIpc) is 3.29. The number of urea groups is 1. The second-order valence-corrected chi connectivity index (χ2v) is 8.00. The Labute approximate surface area is 160 Å². The predicted molar refractivity (Wildman–Crippen MR) is 102 cm³/mol. The third kappa shape index (κ3) is 3.83. The van der Waals surface area contributed by atoms with Gasteiger partial charge in [-0.2, -0.15) is 0 Å². The third-order valence-electron chi connectivity index (χ3n) is 6.43. The fourth-order valence-electron chi connectivity index (χ4n) is 4.81. The average molecular weight is 374 g/mol. The predicted octanol–water partition coefficient (Wildman–Crippen LogP) is 2.15. The van der Waals surface area contributed by atoms with Gasteiger partial charge < -0.3 is 24.4 Å². The molecule has 3 aliphatic heterocycles.